The second-order valence-corrected chi connectivity index (χ2v) is 9.15. The zero-order chi connectivity index (χ0) is 20.9. The summed E-state index contributed by atoms with van der Waals surface area (Å²) in [4.78, 5) is 29.6. The van der Waals surface area contributed by atoms with Crippen molar-refractivity contribution < 1.29 is 9.72 Å². The third-order valence-corrected chi connectivity index (χ3v) is 6.27. The molecule has 0 aromatic heterocycles. The number of benzene rings is 2. The first kappa shape index (κ1) is 19.6. The van der Waals surface area contributed by atoms with Crippen LogP contribution in [-0.2, 0) is 4.79 Å². The minimum atomic E-state index is -0.896. The van der Waals surface area contributed by atoms with E-state index in [4.69, 9.17) is 0 Å². The van der Waals surface area contributed by atoms with Crippen molar-refractivity contribution >= 4 is 5.91 Å². The smallest absolute Gasteiger partial charge is 0.241 e. The molecule has 29 heavy (non-hydrogen) atoms. The fraction of sp³-hybridized carbons (Fsp3) is 0.435. The maximum atomic E-state index is 13.4. The second-order valence-electron chi connectivity index (χ2n) is 9.15. The van der Waals surface area contributed by atoms with Gasteiger partial charge in [0.15, 0.2) is 0 Å². The van der Waals surface area contributed by atoms with E-state index in [1.54, 1.807) is 4.90 Å². The highest BCUT2D eigenvalue weighted by Crippen LogP contribution is 2.53. The fourth-order valence-electron chi connectivity index (χ4n) is 5.38. The van der Waals surface area contributed by atoms with Crippen molar-refractivity contribution in [1.82, 2.24) is 9.80 Å². The number of hydrogen-bond acceptors (Lipinski definition) is 4. The number of nitrogens with zero attached hydrogens (tertiary/aromatic N) is 3. The van der Waals surface area contributed by atoms with E-state index in [1.807, 2.05) is 67.7 Å². The molecule has 0 spiro atoms. The Morgan fingerprint density at radius 2 is 1.41 bits per heavy atom. The lowest BCUT2D eigenvalue weighted by atomic mass is 9.84. The molecule has 6 nitrogen and oxygen atoms in total. The molecule has 4 rings (SSSR count). The van der Waals surface area contributed by atoms with Crippen LogP contribution in [0.2, 0.25) is 0 Å². The first-order valence-electron chi connectivity index (χ1n) is 10.0. The maximum Gasteiger partial charge on any atom is 0.241 e. The predicted molar refractivity (Wildman–Crippen MR) is 111 cm³/mol. The molecule has 0 bridgehead atoms. The molecular weight excluding hydrogens is 366 g/mol. The number of fused-ring (bicyclic) bond motifs is 1. The van der Waals surface area contributed by atoms with Crippen LogP contribution in [-0.4, -0.2) is 45.9 Å². The summed E-state index contributed by atoms with van der Waals surface area (Å²) in [6.07, 6.45) is -0.221. The molecule has 1 amide bonds. The zero-order valence-corrected chi connectivity index (χ0v) is 17.2. The molecule has 0 radical (unpaired) electrons. The molecule has 152 valence electrons. The molecule has 2 saturated heterocycles. The Morgan fingerprint density at radius 3 is 1.90 bits per heavy atom. The summed E-state index contributed by atoms with van der Waals surface area (Å²) >= 11 is 0. The van der Waals surface area contributed by atoms with Crippen LogP contribution in [0, 0.1) is 15.5 Å². The molecule has 2 aromatic rings. The Labute approximate surface area is 171 Å². The lowest BCUT2D eigenvalue weighted by Crippen LogP contribution is -2.49. The highest BCUT2D eigenvalue weighted by atomic mass is 16.6. The van der Waals surface area contributed by atoms with Crippen molar-refractivity contribution in [2.75, 3.05) is 7.05 Å². The Bertz CT molecular complexity index is 910. The zero-order valence-electron chi connectivity index (χ0n) is 17.2. The van der Waals surface area contributed by atoms with Gasteiger partial charge in [-0.15, -0.1) is 0 Å². The summed E-state index contributed by atoms with van der Waals surface area (Å²) in [7, 11) is 1.82. The van der Waals surface area contributed by atoms with Gasteiger partial charge < -0.3 is 4.90 Å². The average molecular weight is 393 g/mol. The molecule has 2 heterocycles. The van der Waals surface area contributed by atoms with Crippen LogP contribution in [0.1, 0.15) is 43.9 Å². The highest BCUT2D eigenvalue weighted by Gasteiger charge is 2.66. The topological polar surface area (TPSA) is 66.7 Å². The van der Waals surface area contributed by atoms with Crippen molar-refractivity contribution in [2.24, 2.45) is 5.41 Å². The Balaban J connectivity index is 1.95. The van der Waals surface area contributed by atoms with Crippen molar-refractivity contribution in [3.05, 3.63) is 81.9 Å². The van der Waals surface area contributed by atoms with Crippen LogP contribution in [0.3, 0.4) is 0 Å². The lowest BCUT2D eigenvalue weighted by Gasteiger charge is -2.40. The normalized spacial score (nSPS) is 29.9. The molecular formula is C23H27N3O3. The Kier molecular flexibility index (Phi) is 4.69. The number of carbonyl (C=O) groups is 1. The standard InChI is InChI=1S/C23H27N3O3/c1-23(2,3)22-24(4)21(27)20-17(15-11-7-5-8-12-15)19(26(28)29)18(25(20)22)16-13-9-6-10-14-16/h5-14,17-20,22H,1-4H3/t17-,18+,19-,20-,22-/m0/s1. The van der Waals surface area contributed by atoms with Crippen LogP contribution in [0.4, 0.5) is 0 Å². The van der Waals surface area contributed by atoms with Gasteiger partial charge in [-0.1, -0.05) is 81.4 Å². The molecule has 0 unspecified atom stereocenters. The van der Waals surface area contributed by atoms with E-state index in [0.29, 0.717) is 0 Å². The molecule has 2 aliphatic heterocycles. The molecule has 0 N–H and O–H groups in total. The molecule has 0 aliphatic carbocycles. The van der Waals surface area contributed by atoms with Gasteiger partial charge in [-0.05, 0) is 16.5 Å². The van der Waals surface area contributed by atoms with E-state index in [2.05, 4.69) is 25.7 Å². The molecule has 6 heteroatoms. The minimum absolute atomic E-state index is 0.0379. The van der Waals surface area contributed by atoms with E-state index < -0.39 is 24.0 Å². The van der Waals surface area contributed by atoms with Gasteiger partial charge in [0, 0.05) is 12.0 Å². The summed E-state index contributed by atoms with van der Waals surface area (Å²) in [5.41, 5.74) is 1.48. The van der Waals surface area contributed by atoms with E-state index in [9.17, 15) is 14.9 Å². The van der Waals surface area contributed by atoms with Crippen LogP contribution in [0.5, 0.6) is 0 Å². The van der Waals surface area contributed by atoms with E-state index in [1.165, 1.54) is 0 Å². The molecule has 5 atom stereocenters. The average Bonchev–Trinajstić information content (AvgIpc) is 3.15. The van der Waals surface area contributed by atoms with Gasteiger partial charge in [0.2, 0.25) is 11.9 Å². The van der Waals surface area contributed by atoms with Crippen LogP contribution in [0.15, 0.2) is 60.7 Å². The molecule has 2 aliphatic rings. The molecule has 2 aromatic carbocycles. The van der Waals surface area contributed by atoms with Crippen molar-refractivity contribution in [2.45, 2.75) is 51.0 Å². The Morgan fingerprint density at radius 1 is 0.897 bits per heavy atom. The summed E-state index contributed by atoms with van der Waals surface area (Å²) in [6, 6.07) is 17.2. The quantitative estimate of drug-likeness (QED) is 0.589. The summed E-state index contributed by atoms with van der Waals surface area (Å²) in [5.74, 6) is -0.539. The van der Waals surface area contributed by atoms with Crippen molar-refractivity contribution in [3.8, 4) is 0 Å². The maximum absolute atomic E-state index is 13.4. The molecule has 0 saturated carbocycles. The predicted octanol–water partition coefficient (Wildman–Crippen LogP) is 3.69. The number of amides is 1. The third-order valence-electron chi connectivity index (χ3n) is 6.27. The number of likely N-dealkylation sites (N-methyl/N-ethyl adjacent to an activating group) is 1. The second kappa shape index (κ2) is 6.95. The first-order valence-corrected chi connectivity index (χ1v) is 10.0. The lowest BCUT2D eigenvalue weighted by molar-refractivity contribution is -0.529. The SMILES string of the molecule is CN1C(=O)[C@@H]2[C@@H](c3ccccc3)[C@H]([N+](=O)[O-])[C@@H](c3ccccc3)N2[C@H]1C(C)(C)C. The van der Waals surface area contributed by atoms with Crippen LogP contribution >= 0.6 is 0 Å². The fourth-order valence-corrected chi connectivity index (χ4v) is 5.38. The minimum Gasteiger partial charge on any atom is -0.328 e. The van der Waals surface area contributed by atoms with E-state index in [0.717, 1.165) is 11.1 Å². The van der Waals surface area contributed by atoms with Gasteiger partial charge in [-0.25, -0.2) is 0 Å². The number of rotatable bonds is 3. The van der Waals surface area contributed by atoms with E-state index >= 15 is 0 Å². The van der Waals surface area contributed by atoms with Crippen molar-refractivity contribution in [1.29, 1.82) is 0 Å². The van der Waals surface area contributed by atoms with Gasteiger partial charge in [0.25, 0.3) is 0 Å². The highest BCUT2D eigenvalue weighted by molar-refractivity contribution is 5.86. The summed E-state index contributed by atoms with van der Waals surface area (Å²) in [5, 5.41) is 12.4. The largest absolute Gasteiger partial charge is 0.328 e. The van der Waals surface area contributed by atoms with Crippen LogP contribution in [0.25, 0.3) is 0 Å². The summed E-state index contributed by atoms with van der Waals surface area (Å²) < 4.78 is 0. The van der Waals surface area contributed by atoms with Gasteiger partial charge in [-0.2, -0.15) is 0 Å². The monoisotopic (exact) mass is 393 g/mol. The Hall–Kier alpha value is -2.73. The van der Waals surface area contributed by atoms with Crippen molar-refractivity contribution in [3.63, 3.8) is 0 Å². The summed E-state index contributed by atoms with van der Waals surface area (Å²) in [6.45, 7) is 6.26. The first-order chi connectivity index (χ1) is 13.7. The van der Waals surface area contributed by atoms with Gasteiger partial charge in [-0.3, -0.25) is 19.8 Å². The van der Waals surface area contributed by atoms with Gasteiger partial charge in [0.05, 0.1) is 12.1 Å². The number of carbonyl (C=O) groups excluding carboxylic acids is 1. The third kappa shape index (κ3) is 3.02. The molecule has 2 fully saturated rings. The van der Waals surface area contributed by atoms with Gasteiger partial charge >= 0.3 is 0 Å². The van der Waals surface area contributed by atoms with Crippen LogP contribution < -0.4 is 0 Å². The van der Waals surface area contributed by atoms with Gasteiger partial charge in [0.1, 0.15) is 12.1 Å². The van der Waals surface area contributed by atoms with E-state index in [-0.39, 0.29) is 22.4 Å². The number of nitro groups is 1. The number of hydrogen-bond donors (Lipinski definition) is 0.